The summed E-state index contributed by atoms with van der Waals surface area (Å²) in [7, 11) is 0. The third-order valence-electron chi connectivity index (χ3n) is 4.84. The predicted octanol–water partition coefficient (Wildman–Crippen LogP) is 3.60. The highest BCUT2D eigenvalue weighted by atomic mass is 32.2. The molecule has 1 saturated heterocycles. The Hall–Kier alpha value is -2.84. The molecule has 0 radical (unpaired) electrons. The van der Waals surface area contributed by atoms with E-state index in [0.717, 1.165) is 41.8 Å². The number of fused-ring (bicyclic) bond motifs is 1. The SMILES string of the molecule is c1ccc(Cn2c(SCc3nc4ccccc4o3)nnc2N2CCOCC2)cc1. The van der Waals surface area contributed by atoms with Gasteiger partial charge in [0.1, 0.15) is 5.52 Å². The molecule has 0 unspecified atom stereocenters. The average Bonchev–Trinajstić information content (AvgIpc) is 3.37. The molecular formula is C21H21N5O2S. The maximum atomic E-state index is 5.85. The Kier molecular flexibility index (Phi) is 5.19. The van der Waals surface area contributed by atoms with Crippen molar-refractivity contribution in [2.75, 3.05) is 31.2 Å². The Labute approximate surface area is 172 Å². The number of rotatable bonds is 6. The van der Waals surface area contributed by atoms with Crippen LogP contribution in [-0.2, 0) is 17.0 Å². The lowest BCUT2D eigenvalue weighted by Gasteiger charge is -2.28. The van der Waals surface area contributed by atoms with E-state index in [4.69, 9.17) is 9.15 Å². The second kappa shape index (κ2) is 8.26. The van der Waals surface area contributed by atoms with Crippen molar-refractivity contribution < 1.29 is 9.15 Å². The number of ether oxygens (including phenoxy) is 1. The topological polar surface area (TPSA) is 69.2 Å². The van der Waals surface area contributed by atoms with E-state index in [2.05, 4.69) is 48.9 Å². The van der Waals surface area contributed by atoms with Gasteiger partial charge in [-0.15, -0.1) is 10.2 Å². The minimum atomic E-state index is 0.602. The van der Waals surface area contributed by atoms with Crippen molar-refractivity contribution in [2.45, 2.75) is 17.5 Å². The molecule has 5 rings (SSSR count). The summed E-state index contributed by atoms with van der Waals surface area (Å²) in [5, 5.41) is 9.84. The van der Waals surface area contributed by atoms with Crippen LogP contribution < -0.4 is 4.90 Å². The maximum absolute atomic E-state index is 5.85. The summed E-state index contributed by atoms with van der Waals surface area (Å²) in [4.78, 5) is 6.81. The van der Waals surface area contributed by atoms with Gasteiger partial charge in [0.25, 0.3) is 0 Å². The second-order valence-electron chi connectivity index (χ2n) is 6.82. The van der Waals surface area contributed by atoms with Crippen molar-refractivity contribution in [1.82, 2.24) is 19.7 Å². The fraction of sp³-hybridized carbons (Fsp3) is 0.286. The van der Waals surface area contributed by atoms with E-state index >= 15 is 0 Å². The molecule has 0 atom stereocenters. The van der Waals surface area contributed by atoms with Gasteiger partial charge in [0.2, 0.25) is 11.8 Å². The largest absolute Gasteiger partial charge is 0.440 e. The summed E-state index contributed by atoms with van der Waals surface area (Å²) in [5.41, 5.74) is 2.90. The van der Waals surface area contributed by atoms with Crippen molar-refractivity contribution in [3.8, 4) is 0 Å². The van der Waals surface area contributed by atoms with Gasteiger partial charge in [-0.05, 0) is 17.7 Å². The smallest absolute Gasteiger partial charge is 0.228 e. The first-order chi connectivity index (χ1) is 14.4. The third kappa shape index (κ3) is 3.99. The third-order valence-corrected chi connectivity index (χ3v) is 5.79. The lowest BCUT2D eigenvalue weighted by atomic mass is 10.2. The van der Waals surface area contributed by atoms with Gasteiger partial charge >= 0.3 is 0 Å². The molecule has 29 heavy (non-hydrogen) atoms. The normalized spacial score (nSPS) is 14.6. The number of hydrogen-bond donors (Lipinski definition) is 0. The Bertz CT molecular complexity index is 1060. The van der Waals surface area contributed by atoms with Crippen molar-refractivity contribution in [3.63, 3.8) is 0 Å². The standard InChI is InChI=1S/C21H21N5O2S/c1-2-6-16(7-3-1)14-26-20(25-10-12-27-13-11-25)23-24-21(26)29-15-19-22-17-8-4-5-9-18(17)28-19/h1-9H,10-15H2. The Balaban J connectivity index is 1.41. The van der Waals surface area contributed by atoms with Crippen molar-refractivity contribution in [1.29, 1.82) is 0 Å². The summed E-state index contributed by atoms with van der Waals surface area (Å²) < 4.78 is 13.5. The highest BCUT2D eigenvalue weighted by Crippen LogP contribution is 2.27. The number of benzene rings is 2. The molecule has 2 aromatic heterocycles. The summed E-state index contributed by atoms with van der Waals surface area (Å²) in [6.07, 6.45) is 0. The highest BCUT2D eigenvalue weighted by molar-refractivity contribution is 7.98. The van der Waals surface area contributed by atoms with Gasteiger partial charge < -0.3 is 14.1 Å². The second-order valence-corrected chi connectivity index (χ2v) is 7.76. The van der Waals surface area contributed by atoms with Crippen LogP contribution in [0.5, 0.6) is 0 Å². The minimum Gasteiger partial charge on any atom is -0.440 e. The molecule has 1 aliphatic rings. The van der Waals surface area contributed by atoms with E-state index in [9.17, 15) is 0 Å². The molecule has 3 heterocycles. The van der Waals surface area contributed by atoms with Crippen LogP contribution in [0.15, 0.2) is 64.2 Å². The molecule has 2 aromatic carbocycles. The van der Waals surface area contributed by atoms with Crippen molar-refractivity contribution in [2.24, 2.45) is 0 Å². The van der Waals surface area contributed by atoms with E-state index in [1.54, 1.807) is 11.8 Å². The molecule has 0 saturated carbocycles. The number of morpholine rings is 1. The first-order valence-electron chi connectivity index (χ1n) is 9.64. The first-order valence-corrected chi connectivity index (χ1v) is 10.6. The van der Waals surface area contributed by atoms with Crippen molar-refractivity contribution in [3.05, 3.63) is 66.1 Å². The zero-order valence-electron chi connectivity index (χ0n) is 15.9. The number of oxazole rings is 1. The number of hydrogen-bond acceptors (Lipinski definition) is 7. The van der Waals surface area contributed by atoms with E-state index < -0.39 is 0 Å². The van der Waals surface area contributed by atoms with Gasteiger partial charge in [0.15, 0.2) is 10.7 Å². The average molecular weight is 407 g/mol. The van der Waals surface area contributed by atoms with Crippen LogP contribution >= 0.6 is 11.8 Å². The summed E-state index contributed by atoms with van der Waals surface area (Å²) in [6, 6.07) is 18.2. The van der Waals surface area contributed by atoms with Gasteiger partial charge in [-0.2, -0.15) is 0 Å². The van der Waals surface area contributed by atoms with Gasteiger partial charge in [-0.3, -0.25) is 4.57 Å². The molecular weight excluding hydrogens is 386 g/mol. The van der Waals surface area contributed by atoms with Crippen LogP contribution in [0.4, 0.5) is 5.95 Å². The molecule has 4 aromatic rings. The van der Waals surface area contributed by atoms with Crippen LogP contribution in [0.1, 0.15) is 11.5 Å². The Morgan fingerprint density at radius 2 is 1.72 bits per heavy atom. The van der Waals surface area contributed by atoms with Crippen molar-refractivity contribution >= 4 is 28.8 Å². The first kappa shape index (κ1) is 18.2. The van der Waals surface area contributed by atoms with E-state index in [0.29, 0.717) is 24.9 Å². The fourth-order valence-corrected chi connectivity index (χ4v) is 4.17. The van der Waals surface area contributed by atoms with Gasteiger partial charge in [-0.1, -0.05) is 54.2 Å². The highest BCUT2D eigenvalue weighted by Gasteiger charge is 2.21. The van der Waals surface area contributed by atoms with Gasteiger partial charge in [-0.25, -0.2) is 4.98 Å². The molecule has 148 valence electrons. The summed E-state index contributed by atoms with van der Waals surface area (Å²) >= 11 is 1.59. The number of para-hydroxylation sites is 2. The molecule has 0 amide bonds. The van der Waals surface area contributed by atoms with E-state index in [-0.39, 0.29) is 0 Å². The van der Waals surface area contributed by atoms with E-state index in [1.807, 2.05) is 30.3 Å². The van der Waals surface area contributed by atoms with Crippen LogP contribution in [-0.4, -0.2) is 46.1 Å². The zero-order chi connectivity index (χ0) is 19.5. The lowest BCUT2D eigenvalue weighted by Crippen LogP contribution is -2.38. The zero-order valence-corrected chi connectivity index (χ0v) is 16.7. The number of anilines is 1. The van der Waals surface area contributed by atoms with E-state index in [1.165, 1.54) is 5.56 Å². The van der Waals surface area contributed by atoms with Crippen LogP contribution in [0.3, 0.4) is 0 Å². The molecule has 0 bridgehead atoms. The summed E-state index contributed by atoms with van der Waals surface area (Å²) in [5.74, 6) is 2.18. The minimum absolute atomic E-state index is 0.602. The lowest BCUT2D eigenvalue weighted by molar-refractivity contribution is 0.121. The van der Waals surface area contributed by atoms with Gasteiger partial charge in [0, 0.05) is 13.1 Å². The molecule has 0 spiro atoms. The predicted molar refractivity (Wildman–Crippen MR) is 112 cm³/mol. The molecule has 1 aliphatic heterocycles. The monoisotopic (exact) mass is 407 g/mol. The Morgan fingerprint density at radius 3 is 2.55 bits per heavy atom. The summed E-state index contributed by atoms with van der Waals surface area (Å²) in [6.45, 7) is 3.79. The number of aromatic nitrogens is 4. The number of nitrogens with zero attached hydrogens (tertiary/aromatic N) is 5. The maximum Gasteiger partial charge on any atom is 0.228 e. The fourth-order valence-electron chi connectivity index (χ4n) is 3.40. The van der Waals surface area contributed by atoms with Crippen LogP contribution in [0.25, 0.3) is 11.1 Å². The molecule has 0 N–H and O–H groups in total. The van der Waals surface area contributed by atoms with Crippen LogP contribution in [0.2, 0.25) is 0 Å². The van der Waals surface area contributed by atoms with Gasteiger partial charge in [0.05, 0.1) is 25.5 Å². The Morgan fingerprint density at radius 1 is 0.931 bits per heavy atom. The van der Waals surface area contributed by atoms with Crippen LogP contribution in [0, 0.1) is 0 Å². The molecule has 1 fully saturated rings. The number of thioether (sulfide) groups is 1. The molecule has 0 aliphatic carbocycles. The quantitative estimate of drug-likeness (QED) is 0.452. The molecule has 7 nitrogen and oxygen atoms in total. The molecule has 8 heteroatoms.